The first kappa shape index (κ1) is 24.4. The Morgan fingerprint density at radius 2 is 1.91 bits per heavy atom. The first-order valence-electron chi connectivity index (χ1n) is 11.6. The monoisotopic (exact) mass is 486 g/mol. The lowest BCUT2D eigenvalue weighted by Gasteiger charge is -2.42. The van der Waals surface area contributed by atoms with E-state index in [-0.39, 0.29) is 60.4 Å². The second kappa shape index (κ2) is 9.89. The van der Waals surface area contributed by atoms with E-state index in [1.54, 1.807) is 4.90 Å². The summed E-state index contributed by atoms with van der Waals surface area (Å²) < 4.78 is 34.5. The molecule has 1 aromatic carbocycles. The molecule has 35 heavy (non-hydrogen) atoms. The van der Waals surface area contributed by atoms with E-state index in [2.05, 4.69) is 5.32 Å². The third-order valence-corrected chi connectivity index (χ3v) is 6.26. The van der Waals surface area contributed by atoms with Crippen LogP contribution in [0.2, 0.25) is 0 Å². The number of benzene rings is 1. The summed E-state index contributed by atoms with van der Waals surface area (Å²) in [6, 6.07) is 2.72. The quantitative estimate of drug-likeness (QED) is 0.481. The van der Waals surface area contributed by atoms with Gasteiger partial charge in [0.1, 0.15) is 23.9 Å². The summed E-state index contributed by atoms with van der Waals surface area (Å²) in [5.74, 6) is -2.83. The first-order chi connectivity index (χ1) is 16.7. The SMILES string of the molecule is CCCCOc1c2n(cc(C(=O)NCc3ccc(F)cc3F)c1=O)N1CN(C2=O)[C@@H](C)C=C[C@H]1C. The van der Waals surface area contributed by atoms with Gasteiger partial charge in [-0.1, -0.05) is 31.6 Å². The second-order valence-electron chi connectivity index (χ2n) is 8.74. The standard InChI is InChI=1S/C25H28F2N4O4/c1-4-5-10-35-23-21-25(34)29-14-31(16(3)7-6-15(29)2)30(21)13-19(22(23)32)24(33)28-12-17-8-9-18(26)11-20(17)27/h6-9,11,13,15-16H,4-5,10,12,14H2,1-3H3,(H,28,33)/t15-,16+/m0/s1. The molecule has 8 nitrogen and oxygen atoms in total. The molecule has 2 aliphatic rings. The number of carbonyl (C=O) groups excluding carboxylic acids is 2. The van der Waals surface area contributed by atoms with E-state index < -0.39 is 23.0 Å². The molecule has 2 aromatic rings. The number of ether oxygens (including phenoxy) is 1. The third kappa shape index (κ3) is 4.65. The minimum absolute atomic E-state index is 0.0703. The number of unbranched alkanes of at least 4 members (excludes halogenated alkanes) is 1. The van der Waals surface area contributed by atoms with Gasteiger partial charge in [0.2, 0.25) is 5.43 Å². The number of hydrogen-bond donors (Lipinski definition) is 1. The molecule has 2 bridgehead atoms. The summed E-state index contributed by atoms with van der Waals surface area (Å²) in [6.07, 6.45) is 6.69. The van der Waals surface area contributed by atoms with Crippen LogP contribution in [0.4, 0.5) is 8.78 Å². The van der Waals surface area contributed by atoms with Crippen molar-refractivity contribution in [1.82, 2.24) is 14.9 Å². The Balaban J connectivity index is 1.75. The molecule has 0 saturated heterocycles. The summed E-state index contributed by atoms with van der Waals surface area (Å²) in [5.41, 5.74) is -0.811. The normalized spacial score (nSPS) is 18.8. The Hall–Kier alpha value is -3.69. The van der Waals surface area contributed by atoms with E-state index in [4.69, 9.17) is 4.74 Å². The molecule has 1 aromatic heterocycles. The second-order valence-corrected chi connectivity index (χ2v) is 8.74. The Kier molecular flexibility index (Phi) is 6.90. The maximum absolute atomic E-state index is 14.0. The van der Waals surface area contributed by atoms with Gasteiger partial charge in [0.25, 0.3) is 11.8 Å². The van der Waals surface area contributed by atoms with Gasteiger partial charge in [0.05, 0.1) is 12.6 Å². The molecule has 2 atom stereocenters. The van der Waals surface area contributed by atoms with Crippen LogP contribution in [0.5, 0.6) is 5.75 Å². The summed E-state index contributed by atoms with van der Waals surface area (Å²) in [6.45, 7) is 6.04. The molecule has 0 saturated carbocycles. The average Bonchev–Trinajstić information content (AvgIpc) is 2.95. The Morgan fingerprint density at radius 3 is 2.63 bits per heavy atom. The highest BCUT2D eigenvalue weighted by molar-refractivity contribution is 5.99. The molecule has 10 heteroatoms. The topological polar surface area (TPSA) is 83.9 Å². The number of rotatable bonds is 7. The highest BCUT2D eigenvalue weighted by Crippen LogP contribution is 2.27. The minimum atomic E-state index is -0.805. The van der Waals surface area contributed by atoms with Gasteiger partial charge in [0.15, 0.2) is 11.4 Å². The zero-order valence-corrected chi connectivity index (χ0v) is 19.9. The predicted molar refractivity (Wildman–Crippen MR) is 126 cm³/mol. The molecule has 0 aliphatic carbocycles. The van der Waals surface area contributed by atoms with Crippen LogP contribution >= 0.6 is 0 Å². The number of nitrogens with one attached hydrogen (secondary N) is 1. The Bertz CT molecular complexity index is 1240. The Labute approximate surface area is 201 Å². The van der Waals surface area contributed by atoms with Crippen LogP contribution in [-0.4, -0.2) is 46.7 Å². The van der Waals surface area contributed by atoms with Crippen molar-refractivity contribution in [2.75, 3.05) is 18.3 Å². The Morgan fingerprint density at radius 1 is 1.17 bits per heavy atom. The van der Waals surface area contributed by atoms with Gasteiger partial charge in [-0.15, -0.1) is 0 Å². The van der Waals surface area contributed by atoms with Crippen molar-refractivity contribution in [3.05, 3.63) is 75.2 Å². The van der Waals surface area contributed by atoms with Crippen molar-refractivity contribution in [3.63, 3.8) is 0 Å². The fourth-order valence-corrected chi connectivity index (χ4v) is 4.12. The van der Waals surface area contributed by atoms with E-state index in [1.165, 1.54) is 16.9 Å². The molecule has 4 rings (SSSR count). The van der Waals surface area contributed by atoms with Gasteiger partial charge >= 0.3 is 0 Å². The number of fused-ring (bicyclic) bond motifs is 4. The number of amides is 2. The van der Waals surface area contributed by atoms with Crippen molar-refractivity contribution in [1.29, 1.82) is 0 Å². The molecule has 3 heterocycles. The van der Waals surface area contributed by atoms with E-state index in [1.807, 2.05) is 37.9 Å². The molecule has 186 valence electrons. The van der Waals surface area contributed by atoms with Crippen molar-refractivity contribution < 1.29 is 23.1 Å². The zero-order valence-electron chi connectivity index (χ0n) is 19.9. The van der Waals surface area contributed by atoms with Crippen molar-refractivity contribution >= 4 is 11.8 Å². The van der Waals surface area contributed by atoms with Crippen LogP contribution in [0, 0.1) is 11.6 Å². The number of carbonyl (C=O) groups is 2. The summed E-state index contributed by atoms with van der Waals surface area (Å²) in [5, 5.41) is 4.38. The lowest BCUT2D eigenvalue weighted by molar-refractivity contribution is 0.0650. The highest BCUT2D eigenvalue weighted by Gasteiger charge is 2.39. The zero-order chi connectivity index (χ0) is 25.3. The van der Waals surface area contributed by atoms with Gasteiger partial charge in [-0.2, -0.15) is 0 Å². The molecule has 2 aliphatic heterocycles. The van der Waals surface area contributed by atoms with E-state index in [0.717, 1.165) is 18.6 Å². The van der Waals surface area contributed by atoms with Crippen LogP contribution in [0.15, 0.2) is 41.3 Å². The van der Waals surface area contributed by atoms with Gasteiger partial charge in [-0.05, 0) is 26.3 Å². The fraction of sp³-hybridized carbons (Fsp3) is 0.400. The molecule has 0 unspecified atom stereocenters. The van der Waals surface area contributed by atoms with Crippen LogP contribution in [0.25, 0.3) is 0 Å². The molecule has 0 radical (unpaired) electrons. The molecule has 0 fully saturated rings. The van der Waals surface area contributed by atoms with Crippen LogP contribution in [-0.2, 0) is 6.54 Å². The number of hydrogen-bond acceptors (Lipinski definition) is 5. The van der Waals surface area contributed by atoms with Crippen molar-refractivity contribution in [3.8, 4) is 5.75 Å². The largest absolute Gasteiger partial charge is 0.487 e. The number of nitrogens with zero attached hydrogens (tertiary/aromatic N) is 3. The smallest absolute Gasteiger partial charge is 0.278 e. The summed E-state index contributed by atoms with van der Waals surface area (Å²) >= 11 is 0. The summed E-state index contributed by atoms with van der Waals surface area (Å²) in [7, 11) is 0. The number of aromatic nitrogens is 1. The number of halogens is 2. The van der Waals surface area contributed by atoms with Gasteiger partial charge in [-0.3, -0.25) is 24.1 Å². The molecular weight excluding hydrogens is 458 g/mol. The van der Waals surface area contributed by atoms with E-state index in [0.29, 0.717) is 6.42 Å². The molecule has 0 spiro atoms. The van der Waals surface area contributed by atoms with Gasteiger partial charge in [-0.25, -0.2) is 8.78 Å². The van der Waals surface area contributed by atoms with E-state index >= 15 is 0 Å². The maximum Gasteiger partial charge on any atom is 0.278 e. The maximum atomic E-state index is 14.0. The summed E-state index contributed by atoms with van der Waals surface area (Å²) in [4.78, 5) is 41.5. The molecule has 1 N–H and O–H groups in total. The van der Waals surface area contributed by atoms with Gasteiger partial charge < -0.3 is 15.0 Å². The molecular formula is C25H28F2N4O4. The fourth-order valence-electron chi connectivity index (χ4n) is 4.12. The third-order valence-electron chi connectivity index (χ3n) is 6.26. The van der Waals surface area contributed by atoms with Crippen LogP contribution < -0.4 is 20.5 Å². The lowest BCUT2D eigenvalue weighted by Crippen LogP contribution is -2.57. The van der Waals surface area contributed by atoms with Gasteiger partial charge in [0, 0.05) is 30.4 Å². The van der Waals surface area contributed by atoms with E-state index in [9.17, 15) is 23.2 Å². The van der Waals surface area contributed by atoms with Crippen LogP contribution in [0.3, 0.4) is 0 Å². The first-order valence-corrected chi connectivity index (χ1v) is 11.6. The minimum Gasteiger partial charge on any atom is -0.487 e. The predicted octanol–water partition coefficient (Wildman–Crippen LogP) is 2.93. The highest BCUT2D eigenvalue weighted by atomic mass is 19.1. The molecule has 2 amide bonds. The lowest BCUT2D eigenvalue weighted by atomic mass is 10.1. The van der Waals surface area contributed by atoms with Crippen LogP contribution in [0.1, 0.15) is 60.0 Å². The van der Waals surface area contributed by atoms with Crippen molar-refractivity contribution in [2.45, 2.75) is 52.2 Å². The average molecular weight is 487 g/mol. The van der Waals surface area contributed by atoms with Crippen molar-refractivity contribution in [2.24, 2.45) is 0 Å². The number of pyridine rings is 1.